The normalized spacial score (nSPS) is 18.4. The molecule has 0 bridgehead atoms. The molecule has 3 aromatic rings. The van der Waals surface area contributed by atoms with E-state index < -0.39 is 15.9 Å². The zero-order chi connectivity index (χ0) is 26.6. The fourth-order valence-electron chi connectivity index (χ4n) is 5.02. The number of carbonyl (C=O) groups is 1. The van der Waals surface area contributed by atoms with Crippen molar-refractivity contribution in [2.45, 2.75) is 63.9 Å². The summed E-state index contributed by atoms with van der Waals surface area (Å²) in [6.45, 7) is 7.39. The monoisotopic (exact) mass is 522 g/mol. The van der Waals surface area contributed by atoms with Crippen LogP contribution >= 0.6 is 0 Å². The first-order valence-electron chi connectivity index (χ1n) is 13.0. The molecule has 1 aliphatic rings. The number of carbonyl (C=O) groups excluding carboxylic acids is 1. The zero-order valence-electron chi connectivity index (χ0n) is 22.2. The van der Waals surface area contributed by atoms with Gasteiger partial charge < -0.3 is 9.64 Å². The Labute approximate surface area is 221 Å². The maximum atomic E-state index is 12.4. The van der Waals surface area contributed by atoms with Gasteiger partial charge in [0, 0.05) is 25.7 Å². The number of benzene rings is 3. The number of fused-ring (bicyclic) bond motifs is 1. The predicted molar refractivity (Wildman–Crippen MR) is 149 cm³/mol. The van der Waals surface area contributed by atoms with Crippen LogP contribution in [0.5, 0.6) is 5.75 Å². The minimum absolute atomic E-state index is 0.0604. The summed E-state index contributed by atoms with van der Waals surface area (Å²) >= 11 is 0. The van der Waals surface area contributed by atoms with Crippen molar-refractivity contribution in [3.8, 4) is 5.75 Å². The highest BCUT2D eigenvalue weighted by molar-refractivity contribution is 7.90. The summed E-state index contributed by atoms with van der Waals surface area (Å²) in [6.07, 6.45) is 4.97. The van der Waals surface area contributed by atoms with Gasteiger partial charge in [0.15, 0.2) is 0 Å². The lowest BCUT2D eigenvalue weighted by Crippen LogP contribution is -2.33. The molecule has 0 unspecified atom stereocenters. The number of nitrogens with one attached hydrogen (secondary N) is 1. The summed E-state index contributed by atoms with van der Waals surface area (Å²) in [5.41, 5.74) is 1.32. The molecule has 37 heavy (non-hydrogen) atoms. The van der Waals surface area contributed by atoms with Gasteiger partial charge in [-0.2, -0.15) is 0 Å². The molecule has 0 heterocycles. The van der Waals surface area contributed by atoms with Crippen molar-refractivity contribution >= 4 is 32.4 Å². The second kappa shape index (κ2) is 11.1. The first kappa shape index (κ1) is 27.0. The Kier molecular flexibility index (Phi) is 8.12. The predicted octanol–water partition coefficient (Wildman–Crippen LogP) is 6.15. The van der Waals surface area contributed by atoms with Crippen molar-refractivity contribution in [3.05, 3.63) is 66.7 Å². The number of rotatable bonds is 8. The molecule has 1 aliphatic carbocycles. The van der Waals surface area contributed by atoms with Gasteiger partial charge in [0.2, 0.25) is 5.91 Å². The van der Waals surface area contributed by atoms with Crippen LogP contribution in [0.3, 0.4) is 0 Å². The van der Waals surface area contributed by atoms with Crippen molar-refractivity contribution in [1.29, 1.82) is 0 Å². The van der Waals surface area contributed by atoms with E-state index in [1.807, 2.05) is 24.1 Å². The highest BCUT2D eigenvalue weighted by Crippen LogP contribution is 2.39. The Morgan fingerprint density at radius 3 is 2.27 bits per heavy atom. The molecule has 0 radical (unpaired) electrons. The Balaban J connectivity index is 1.32. The van der Waals surface area contributed by atoms with Gasteiger partial charge in [-0.1, -0.05) is 51.1 Å². The van der Waals surface area contributed by atoms with Gasteiger partial charge in [0.1, 0.15) is 5.75 Å². The lowest BCUT2D eigenvalue weighted by Gasteiger charge is -2.37. The van der Waals surface area contributed by atoms with Crippen molar-refractivity contribution < 1.29 is 17.9 Å². The molecule has 1 amide bonds. The van der Waals surface area contributed by atoms with E-state index in [4.69, 9.17) is 4.74 Å². The lowest BCUT2D eigenvalue weighted by molar-refractivity contribution is -0.119. The van der Waals surface area contributed by atoms with Crippen LogP contribution in [0, 0.1) is 11.3 Å². The highest BCUT2D eigenvalue weighted by Gasteiger charge is 2.30. The Hall–Kier alpha value is -3.06. The van der Waals surface area contributed by atoms with Crippen LogP contribution in [0.1, 0.15) is 52.9 Å². The molecular formula is C30H38N2O4S. The smallest absolute Gasteiger partial charge is 0.264 e. The number of sulfonamides is 1. The standard InChI is InChI=1S/C30H38N2O4S/c1-30(2,3)24-12-16-26(17-13-24)36-27-15-11-22-20-25(14-10-23(22)21-27)32(4)19-18-29(33)31-37(34,35)28-8-6-5-7-9-28/h5-11,14-15,20-21,24,26H,12-13,16-19H2,1-4H3,(H,31,33). The Morgan fingerprint density at radius 2 is 1.59 bits per heavy atom. The summed E-state index contributed by atoms with van der Waals surface area (Å²) in [5, 5.41) is 2.19. The van der Waals surface area contributed by atoms with Gasteiger partial charge in [0.25, 0.3) is 10.0 Å². The van der Waals surface area contributed by atoms with Gasteiger partial charge in [-0.25, -0.2) is 13.1 Å². The molecule has 6 nitrogen and oxygen atoms in total. The summed E-state index contributed by atoms with van der Waals surface area (Å²) in [7, 11) is -1.96. The SMILES string of the molecule is CN(CCC(=O)NS(=O)(=O)c1ccccc1)c1ccc2cc(OC3CCC(C(C)(C)C)CC3)ccc2c1. The number of hydrogen-bond acceptors (Lipinski definition) is 5. The second-order valence-electron chi connectivity index (χ2n) is 11.2. The maximum absolute atomic E-state index is 12.4. The van der Waals surface area contributed by atoms with Gasteiger partial charge in [-0.3, -0.25) is 4.79 Å². The number of nitrogens with zero attached hydrogens (tertiary/aromatic N) is 1. The Bertz CT molecular complexity index is 1320. The van der Waals surface area contributed by atoms with Crippen molar-refractivity contribution in [1.82, 2.24) is 4.72 Å². The molecule has 0 spiro atoms. The third-order valence-electron chi connectivity index (χ3n) is 7.41. The van der Waals surface area contributed by atoms with E-state index in [9.17, 15) is 13.2 Å². The maximum Gasteiger partial charge on any atom is 0.264 e. The van der Waals surface area contributed by atoms with Crippen LogP contribution in [0.4, 0.5) is 5.69 Å². The van der Waals surface area contributed by atoms with Crippen LogP contribution in [-0.2, 0) is 14.8 Å². The fraction of sp³-hybridized carbons (Fsp3) is 0.433. The number of anilines is 1. The van der Waals surface area contributed by atoms with E-state index in [1.54, 1.807) is 18.2 Å². The average molecular weight is 523 g/mol. The number of amides is 1. The largest absolute Gasteiger partial charge is 0.490 e. The molecular weight excluding hydrogens is 484 g/mol. The lowest BCUT2D eigenvalue weighted by atomic mass is 9.72. The molecule has 3 aromatic carbocycles. The fourth-order valence-corrected chi connectivity index (χ4v) is 6.05. The average Bonchev–Trinajstić information content (AvgIpc) is 2.87. The quantitative estimate of drug-likeness (QED) is 0.384. The van der Waals surface area contributed by atoms with E-state index in [0.717, 1.165) is 41.0 Å². The molecule has 0 saturated heterocycles. The molecule has 198 valence electrons. The highest BCUT2D eigenvalue weighted by atomic mass is 32.2. The van der Waals surface area contributed by atoms with Crippen LogP contribution in [0.25, 0.3) is 10.8 Å². The third kappa shape index (κ3) is 7.04. The van der Waals surface area contributed by atoms with Crippen LogP contribution in [0.15, 0.2) is 71.6 Å². The van der Waals surface area contributed by atoms with Crippen LogP contribution in [0.2, 0.25) is 0 Å². The first-order chi connectivity index (χ1) is 17.5. The Morgan fingerprint density at radius 1 is 0.946 bits per heavy atom. The minimum atomic E-state index is -3.86. The molecule has 7 heteroatoms. The molecule has 0 aromatic heterocycles. The zero-order valence-corrected chi connectivity index (χ0v) is 23.1. The molecule has 0 aliphatic heterocycles. The molecule has 1 fully saturated rings. The van der Waals surface area contributed by atoms with Crippen LogP contribution < -0.4 is 14.4 Å². The van der Waals surface area contributed by atoms with Gasteiger partial charge >= 0.3 is 0 Å². The third-order valence-corrected chi connectivity index (χ3v) is 8.80. The molecule has 1 N–H and O–H groups in total. The first-order valence-corrected chi connectivity index (χ1v) is 14.5. The number of hydrogen-bond donors (Lipinski definition) is 1. The molecule has 0 atom stereocenters. The van der Waals surface area contributed by atoms with E-state index >= 15 is 0 Å². The second-order valence-corrected chi connectivity index (χ2v) is 12.8. The van der Waals surface area contributed by atoms with E-state index in [1.165, 1.54) is 25.0 Å². The topological polar surface area (TPSA) is 75.7 Å². The molecule has 1 saturated carbocycles. The van der Waals surface area contributed by atoms with Crippen molar-refractivity contribution in [2.24, 2.45) is 11.3 Å². The van der Waals surface area contributed by atoms with E-state index in [2.05, 4.69) is 49.8 Å². The van der Waals surface area contributed by atoms with Gasteiger partial charge in [-0.15, -0.1) is 0 Å². The number of ether oxygens (including phenoxy) is 1. The van der Waals surface area contributed by atoms with E-state index in [0.29, 0.717) is 12.0 Å². The van der Waals surface area contributed by atoms with Crippen molar-refractivity contribution in [3.63, 3.8) is 0 Å². The summed E-state index contributed by atoms with van der Waals surface area (Å²) in [4.78, 5) is 14.3. The van der Waals surface area contributed by atoms with Gasteiger partial charge in [-0.05, 0) is 84.2 Å². The summed E-state index contributed by atoms with van der Waals surface area (Å²) < 4.78 is 33.2. The van der Waals surface area contributed by atoms with Crippen molar-refractivity contribution in [2.75, 3.05) is 18.5 Å². The van der Waals surface area contributed by atoms with E-state index in [-0.39, 0.29) is 17.4 Å². The minimum Gasteiger partial charge on any atom is -0.490 e. The summed E-state index contributed by atoms with van der Waals surface area (Å²) in [5.74, 6) is 1.14. The van der Waals surface area contributed by atoms with Crippen LogP contribution in [-0.4, -0.2) is 34.0 Å². The molecule has 4 rings (SSSR count). The van der Waals surface area contributed by atoms with Gasteiger partial charge in [0.05, 0.1) is 11.0 Å². The summed E-state index contributed by atoms with van der Waals surface area (Å²) in [6, 6.07) is 20.2.